The molecule has 1 fully saturated rings. The molecule has 228 valence electrons. The molecular formula is C32H30N2O10. The maximum Gasteiger partial charge on any atom is 0.336 e. The lowest BCUT2D eigenvalue weighted by molar-refractivity contribution is -0.197. The Hall–Kier alpha value is -5.52. The number of fused-ring (bicyclic) bond motifs is 2. The van der Waals surface area contributed by atoms with Crippen molar-refractivity contribution in [3.63, 3.8) is 0 Å². The van der Waals surface area contributed by atoms with Gasteiger partial charge in [0.1, 0.15) is 17.1 Å². The first kappa shape index (κ1) is 31.4. The van der Waals surface area contributed by atoms with Crippen LogP contribution in [0.1, 0.15) is 55.8 Å². The van der Waals surface area contributed by atoms with Gasteiger partial charge in [0.25, 0.3) is 11.8 Å². The predicted molar refractivity (Wildman–Crippen MR) is 157 cm³/mol. The van der Waals surface area contributed by atoms with Crippen LogP contribution in [-0.2, 0) is 24.0 Å². The summed E-state index contributed by atoms with van der Waals surface area (Å²) in [5.41, 5.74) is 2.10. The second-order valence-corrected chi connectivity index (χ2v) is 10.0. The van der Waals surface area contributed by atoms with Crippen molar-refractivity contribution in [2.45, 2.75) is 45.4 Å². The van der Waals surface area contributed by atoms with E-state index in [-0.39, 0.29) is 41.9 Å². The lowest BCUT2D eigenvalue weighted by Crippen LogP contribution is -2.31. The summed E-state index contributed by atoms with van der Waals surface area (Å²) in [6, 6.07) is 15.7. The first-order valence-electron chi connectivity index (χ1n) is 13.9. The van der Waals surface area contributed by atoms with E-state index in [9.17, 15) is 39.0 Å². The summed E-state index contributed by atoms with van der Waals surface area (Å²) < 4.78 is 5.76. The second-order valence-electron chi connectivity index (χ2n) is 10.0. The van der Waals surface area contributed by atoms with Crippen LogP contribution < -0.4 is 10.7 Å². The Bertz CT molecular complexity index is 1740. The standard InChI is InChI=1S/C20H12O5.C12H18N2O5/c21-11-5-7-15-17(9-11)25-18-10-12(22)6-8-16(18)19(15)13-3-1-2-4-14(13)20(23)24;1-9(15)13-8-4-2-3-5-12(18)19-14-10(16)6-7-11(14)17/h1-10,21H,(H,23,24);2-8H2,1H3,(H,13,15). The molecule has 1 aliphatic carbocycles. The Labute approximate surface area is 251 Å². The number of benzene rings is 3. The Morgan fingerprint density at radius 2 is 1.64 bits per heavy atom. The number of hydrogen-bond donors (Lipinski definition) is 3. The van der Waals surface area contributed by atoms with Crippen LogP contribution in [0.4, 0.5) is 0 Å². The zero-order valence-electron chi connectivity index (χ0n) is 23.8. The van der Waals surface area contributed by atoms with Gasteiger partial charge in [0.15, 0.2) is 5.43 Å². The van der Waals surface area contributed by atoms with Gasteiger partial charge in [0, 0.05) is 61.4 Å². The first-order valence-corrected chi connectivity index (χ1v) is 13.9. The van der Waals surface area contributed by atoms with Gasteiger partial charge in [-0.1, -0.05) is 24.6 Å². The summed E-state index contributed by atoms with van der Waals surface area (Å²) in [4.78, 5) is 72.4. The van der Waals surface area contributed by atoms with Crippen LogP contribution >= 0.6 is 0 Å². The molecule has 0 spiro atoms. The van der Waals surface area contributed by atoms with Crippen LogP contribution in [0.25, 0.3) is 33.4 Å². The summed E-state index contributed by atoms with van der Waals surface area (Å²) in [7, 11) is 0. The average molecular weight is 603 g/mol. The number of nitrogens with one attached hydrogen (secondary N) is 1. The van der Waals surface area contributed by atoms with Crippen LogP contribution in [0, 0.1) is 0 Å². The van der Waals surface area contributed by atoms with Crippen molar-refractivity contribution in [2.75, 3.05) is 6.54 Å². The highest BCUT2D eigenvalue weighted by molar-refractivity contribution is 6.07. The number of amides is 3. The summed E-state index contributed by atoms with van der Waals surface area (Å²) in [5.74, 6) is -2.29. The zero-order valence-corrected chi connectivity index (χ0v) is 23.8. The van der Waals surface area contributed by atoms with E-state index < -0.39 is 23.8 Å². The Kier molecular flexibility index (Phi) is 10.1. The number of aromatic hydroxyl groups is 1. The molecule has 0 unspecified atom stereocenters. The molecule has 3 aliphatic rings. The van der Waals surface area contributed by atoms with Crippen LogP contribution in [0.2, 0.25) is 0 Å². The minimum absolute atomic E-state index is 0.0198. The molecule has 0 atom stereocenters. The third kappa shape index (κ3) is 7.65. The molecule has 3 N–H and O–H groups in total. The molecule has 0 radical (unpaired) electrons. The van der Waals surface area contributed by atoms with E-state index >= 15 is 0 Å². The zero-order chi connectivity index (χ0) is 31.8. The molecule has 3 amide bonds. The molecule has 5 rings (SSSR count). The van der Waals surface area contributed by atoms with Crippen molar-refractivity contribution < 1.29 is 43.4 Å². The molecule has 2 heterocycles. The van der Waals surface area contributed by atoms with Gasteiger partial charge in [0.2, 0.25) is 5.91 Å². The van der Waals surface area contributed by atoms with Crippen LogP contribution in [0.3, 0.4) is 0 Å². The number of rotatable bonds is 9. The molecule has 0 aromatic heterocycles. The average Bonchev–Trinajstić information content (AvgIpc) is 3.29. The van der Waals surface area contributed by atoms with E-state index in [0.29, 0.717) is 51.4 Å². The largest absolute Gasteiger partial charge is 0.508 e. The fourth-order valence-corrected chi connectivity index (χ4v) is 4.68. The number of hydroxylamine groups is 2. The van der Waals surface area contributed by atoms with Gasteiger partial charge in [-0.25, -0.2) is 9.59 Å². The quantitative estimate of drug-likeness (QED) is 0.142. The highest BCUT2D eigenvalue weighted by Gasteiger charge is 2.32. The van der Waals surface area contributed by atoms with E-state index in [2.05, 4.69) is 5.32 Å². The number of carbonyl (C=O) groups is 5. The summed E-state index contributed by atoms with van der Waals surface area (Å²) in [6.07, 6.45) is 2.48. The fraction of sp³-hybridized carbons (Fsp3) is 0.250. The van der Waals surface area contributed by atoms with Crippen molar-refractivity contribution in [2.24, 2.45) is 0 Å². The maximum absolute atomic E-state index is 11.7. The topological polar surface area (TPSA) is 181 Å². The first-order chi connectivity index (χ1) is 21.0. The Morgan fingerprint density at radius 1 is 0.909 bits per heavy atom. The minimum Gasteiger partial charge on any atom is -0.508 e. The molecule has 2 aromatic carbocycles. The third-order valence-corrected chi connectivity index (χ3v) is 6.73. The van der Waals surface area contributed by atoms with Crippen molar-refractivity contribution in [1.82, 2.24) is 10.4 Å². The van der Waals surface area contributed by atoms with Gasteiger partial charge in [0.05, 0.1) is 5.56 Å². The van der Waals surface area contributed by atoms with Crippen molar-refractivity contribution in [3.8, 4) is 28.2 Å². The number of phenolic OH excluding ortho intramolecular Hbond substituents is 1. The van der Waals surface area contributed by atoms with E-state index in [0.717, 1.165) is 12.8 Å². The number of nitrogens with zero attached hydrogens (tertiary/aromatic N) is 1. The number of carboxylic acid groups (broad SMARTS) is 1. The van der Waals surface area contributed by atoms with Gasteiger partial charge in [-0.2, -0.15) is 0 Å². The van der Waals surface area contributed by atoms with E-state index in [1.54, 1.807) is 30.3 Å². The molecule has 2 aromatic rings. The van der Waals surface area contributed by atoms with Gasteiger partial charge in [-0.05, 0) is 48.7 Å². The number of imide groups is 1. The Balaban J connectivity index is 0.000000210. The number of aromatic carboxylic acids is 1. The third-order valence-electron chi connectivity index (χ3n) is 6.73. The number of hydrogen-bond acceptors (Lipinski definition) is 9. The highest BCUT2D eigenvalue weighted by atomic mass is 16.7. The van der Waals surface area contributed by atoms with Crippen LogP contribution in [-0.4, -0.2) is 51.5 Å². The molecule has 12 heteroatoms. The predicted octanol–water partition coefficient (Wildman–Crippen LogP) is 4.26. The van der Waals surface area contributed by atoms with Crippen LogP contribution in [0.15, 0.2) is 69.9 Å². The van der Waals surface area contributed by atoms with Crippen LogP contribution in [0.5, 0.6) is 5.75 Å². The van der Waals surface area contributed by atoms with Crippen molar-refractivity contribution >= 4 is 40.6 Å². The lowest BCUT2D eigenvalue weighted by Gasteiger charge is -2.16. The summed E-state index contributed by atoms with van der Waals surface area (Å²) >= 11 is 0. The molecule has 12 nitrogen and oxygen atoms in total. The van der Waals surface area contributed by atoms with Crippen molar-refractivity contribution in [1.29, 1.82) is 0 Å². The summed E-state index contributed by atoms with van der Waals surface area (Å²) in [5, 5.41) is 23.1. The number of carboxylic acids is 1. The second kappa shape index (κ2) is 14.1. The van der Waals surface area contributed by atoms with Gasteiger partial charge < -0.3 is 24.8 Å². The van der Waals surface area contributed by atoms with E-state index in [4.69, 9.17) is 9.25 Å². The number of unbranched alkanes of at least 4 members (excludes halogenated alkanes) is 2. The van der Waals surface area contributed by atoms with Gasteiger partial charge >= 0.3 is 11.9 Å². The Morgan fingerprint density at radius 3 is 2.34 bits per heavy atom. The fourth-order valence-electron chi connectivity index (χ4n) is 4.68. The number of phenols is 1. The van der Waals surface area contributed by atoms with Gasteiger partial charge in [-0.15, -0.1) is 5.06 Å². The normalized spacial score (nSPS) is 12.6. The smallest absolute Gasteiger partial charge is 0.336 e. The monoisotopic (exact) mass is 602 g/mol. The molecular weight excluding hydrogens is 572 g/mol. The van der Waals surface area contributed by atoms with Gasteiger partial charge in [-0.3, -0.25) is 19.2 Å². The van der Waals surface area contributed by atoms with E-state index in [1.807, 2.05) is 0 Å². The van der Waals surface area contributed by atoms with E-state index in [1.165, 1.54) is 37.3 Å². The molecule has 2 aliphatic heterocycles. The highest BCUT2D eigenvalue weighted by Crippen LogP contribution is 2.41. The lowest BCUT2D eigenvalue weighted by atomic mass is 9.91. The SMILES string of the molecule is CC(=O)NCCCCCC(=O)ON1C(=O)CCC1=O.O=C(O)c1ccccc1-c1c2ccc(=O)cc-2oc2cc(O)ccc12. The molecule has 0 saturated carbocycles. The minimum atomic E-state index is -1.04. The number of carbonyl (C=O) groups excluding carboxylic acids is 4. The molecule has 44 heavy (non-hydrogen) atoms. The van der Waals surface area contributed by atoms with Crippen molar-refractivity contribution in [3.05, 3.63) is 76.5 Å². The molecule has 0 bridgehead atoms. The summed E-state index contributed by atoms with van der Waals surface area (Å²) in [6.45, 7) is 2.02. The molecule has 1 saturated heterocycles. The maximum atomic E-state index is 11.7.